The molecule has 1 aromatic rings. The van der Waals surface area contributed by atoms with Crippen molar-refractivity contribution in [2.24, 2.45) is 0 Å². The average Bonchev–Trinajstić information content (AvgIpc) is 2.51. The van der Waals surface area contributed by atoms with Gasteiger partial charge in [0.15, 0.2) is 0 Å². The number of hydrogen-bond acceptors (Lipinski definition) is 5. The number of amides is 3. The fraction of sp³-hybridized carbons (Fsp3) is 0.375. The van der Waals surface area contributed by atoms with Crippen LogP contribution in [0.3, 0.4) is 0 Å². The van der Waals surface area contributed by atoms with Crippen LogP contribution in [0.25, 0.3) is 0 Å². The van der Waals surface area contributed by atoms with Crippen molar-refractivity contribution in [3.63, 3.8) is 0 Å². The Hall–Kier alpha value is -3.10. The number of aliphatic carboxylic acids is 1. The van der Waals surface area contributed by atoms with E-state index in [9.17, 15) is 19.2 Å². The van der Waals surface area contributed by atoms with Crippen LogP contribution in [0.1, 0.15) is 26.3 Å². The number of hydrogen-bond donors (Lipinski definition) is 4. The van der Waals surface area contributed by atoms with Crippen LogP contribution in [-0.2, 0) is 25.5 Å². The lowest BCUT2D eigenvalue weighted by molar-refractivity contribution is -0.151. The summed E-state index contributed by atoms with van der Waals surface area (Å²) in [4.78, 5) is 45.8. The van der Waals surface area contributed by atoms with Gasteiger partial charge in [-0.2, -0.15) is 0 Å². The lowest BCUT2D eigenvalue weighted by Gasteiger charge is -2.21. The van der Waals surface area contributed by atoms with Gasteiger partial charge in [-0.3, -0.25) is 15.0 Å². The van der Waals surface area contributed by atoms with Gasteiger partial charge < -0.3 is 15.2 Å². The molecule has 9 heteroatoms. The third-order valence-corrected chi connectivity index (χ3v) is 2.79. The fourth-order valence-corrected chi connectivity index (χ4v) is 1.78. The van der Waals surface area contributed by atoms with E-state index in [-0.39, 0.29) is 6.42 Å². The second-order valence-electron chi connectivity index (χ2n) is 6.14. The molecule has 25 heavy (non-hydrogen) atoms. The Morgan fingerprint density at radius 2 is 1.68 bits per heavy atom. The van der Waals surface area contributed by atoms with Gasteiger partial charge in [-0.25, -0.2) is 15.0 Å². The second-order valence-corrected chi connectivity index (χ2v) is 6.14. The monoisotopic (exact) mass is 351 g/mol. The van der Waals surface area contributed by atoms with Gasteiger partial charge >= 0.3 is 18.0 Å². The number of nitrogens with one attached hydrogen (secondary N) is 3. The third kappa shape index (κ3) is 7.82. The highest BCUT2D eigenvalue weighted by atomic mass is 16.6. The summed E-state index contributed by atoms with van der Waals surface area (Å²) in [7, 11) is 0. The molecule has 0 aliphatic carbocycles. The first-order valence-corrected chi connectivity index (χ1v) is 7.45. The predicted octanol–water partition coefficient (Wildman–Crippen LogP) is 0.354. The van der Waals surface area contributed by atoms with Crippen LogP contribution in [0.2, 0.25) is 0 Å². The van der Waals surface area contributed by atoms with E-state index in [0.717, 1.165) is 0 Å². The minimum atomic E-state index is -1.72. The molecule has 0 aliphatic heterocycles. The topological polar surface area (TPSA) is 134 Å². The molecule has 136 valence electrons. The molecular weight excluding hydrogens is 330 g/mol. The molecule has 1 rings (SSSR count). The number of carbonyl (C=O) groups excluding carboxylic acids is 3. The van der Waals surface area contributed by atoms with Crippen molar-refractivity contribution >= 4 is 23.9 Å². The molecule has 4 N–H and O–H groups in total. The zero-order chi connectivity index (χ0) is 19.0. The normalized spacial score (nSPS) is 11.8. The van der Waals surface area contributed by atoms with E-state index in [2.05, 4.69) is 10.7 Å². The van der Waals surface area contributed by atoms with E-state index < -0.39 is 35.5 Å². The van der Waals surface area contributed by atoms with E-state index in [0.29, 0.717) is 5.56 Å². The summed E-state index contributed by atoms with van der Waals surface area (Å²) < 4.78 is 4.96. The van der Waals surface area contributed by atoms with Crippen molar-refractivity contribution in [1.82, 2.24) is 16.2 Å². The van der Waals surface area contributed by atoms with Gasteiger partial charge in [0.1, 0.15) is 11.6 Å². The summed E-state index contributed by atoms with van der Waals surface area (Å²) >= 11 is 0. The van der Waals surface area contributed by atoms with Gasteiger partial charge in [0.25, 0.3) is 5.91 Å². The van der Waals surface area contributed by atoms with Crippen molar-refractivity contribution in [3.05, 3.63) is 35.9 Å². The van der Waals surface area contributed by atoms with Crippen LogP contribution in [-0.4, -0.2) is 40.6 Å². The van der Waals surface area contributed by atoms with Crippen molar-refractivity contribution in [2.45, 2.75) is 38.8 Å². The minimum absolute atomic E-state index is 0.0433. The van der Waals surface area contributed by atoms with Gasteiger partial charge in [-0.1, -0.05) is 30.3 Å². The zero-order valence-corrected chi connectivity index (χ0v) is 14.2. The smallest absolute Gasteiger partial charge is 0.426 e. The summed E-state index contributed by atoms with van der Waals surface area (Å²) in [5.41, 5.74) is 4.09. The van der Waals surface area contributed by atoms with Gasteiger partial charge in [0, 0.05) is 6.42 Å². The lowest BCUT2D eigenvalue weighted by atomic mass is 10.1. The highest BCUT2D eigenvalue weighted by Gasteiger charge is 2.25. The van der Waals surface area contributed by atoms with Gasteiger partial charge in [-0.15, -0.1) is 0 Å². The Balaban J connectivity index is 2.73. The molecule has 0 unspecified atom stereocenters. The fourth-order valence-electron chi connectivity index (χ4n) is 1.78. The van der Waals surface area contributed by atoms with E-state index in [1.165, 1.54) is 0 Å². The van der Waals surface area contributed by atoms with E-state index in [1.807, 2.05) is 5.43 Å². The molecule has 0 radical (unpaired) electrons. The number of ether oxygens (including phenoxy) is 1. The predicted molar refractivity (Wildman–Crippen MR) is 87.2 cm³/mol. The largest absolute Gasteiger partial charge is 0.474 e. The lowest BCUT2D eigenvalue weighted by Crippen LogP contribution is -2.54. The SMILES string of the molecule is CC(C)(C)OC(=O)NNC(=O)[C@@H](Cc1ccccc1)NC(=O)C(=O)O. The first kappa shape index (κ1) is 19.9. The van der Waals surface area contributed by atoms with Crippen molar-refractivity contribution in [2.75, 3.05) is 0 Å². The molecular formula is C16H21N3O6. The van der Waals surface area contributed by atoms with E-state index in [4.69, 9.17) is 9.84 Å². The second kappa shape index (κ2) is 8.67. The number of hydrazine groups is 1. The molecule has 0 heterocycles. The summed E-state index contributed by atoms with van der Waals surface area (Å²) in [6.45, 7) is 4.96. The van der Waals surface area contributed by atoms with Crippen LogP contribution in [0.5, 0.6) is 0 Å². The minimum Gasteiger partial charge on any atom is -0.474 e. The quantitative estimate of drug-likeness (QED) is 0.457. The van der Waals surface area contributed by atoms with Crippen LogP contribution in [0, 0.1) is 0 Å². The highest BCUT2D eigenvalue weighted by molar-refractivity contribution is 6.32. The maximum absolute atomic E-state index is 12.2. The molecule has 1 atom stereocenters. The number of carboxylic acid groups (broad SMARTS) is 1. The molecule has 0 aliphatic rings. The summed E-state index contributed by atoms with van der Waals surface area (Å²) in [5, 5.41) is 10.8. The van der Waals surface area contributed by atoms with E-state index in [1.54, 1.807) is 51.1 Å². The van der Waals surface area contributed by atoms with Crippen LogP contribution >= 0.6 is 0 Å². The maximum Gasteiger partial charge on any atom is 0.426 e. The number of carbonyl (C=O) groups is 4. The average molecular weight is 351 g/mol. The summed E-state index contributed by atoms with van der Waals surface area (Å²) in [6.07, 6.45) is -0.842. The van der Waals surface area contributed by atoms with Gasteiger partial charge in [0.05, 0.1) is 0 Å². The standard InChI is InChI=1S/C16H21N3O6/c1-16(2,3)25-15(24)19-18-12(20)11(17-13(21)14(22)23)9-10-7-5-4-6-8-10/h4-8,11H,9H2,1-3H3,(H,17,21)(H,18,20)(H,19,24)(H,22,23)/t11-/m1/s1. The Bertz CT molecular complexity index is 639. The zero-order valence-electron chi connectivity index (χ0n) is 14.2. The van der Waals surface area contributed by atoms with Crippen LogP contribution in [0.4, 0.5) is 4.79 Å². The summed E-state index contributed by atoms with van der Waals surface area (Å²) in [6, 6.07) is 7.49. The molecule has 0 fully saturated rings. The molecule has 1 aromatic carbocycles. The first-order valence-electron chi connectivity index (χ1n) is 7.45. The van der Waals surface area contributed by atoms with Crippen molar-refractivity contribution in [1.29, 1.82) is 0 Å². The maximum atomic E-state index is 12.2. The Kier molecular flexibility index (Phi) is 6.92. The molecule has 3 amide bonds. The Morgan fingerprint density at radius 1 is 1.08 bits per heavy atom. The highest BCUT2D eigenvalue weighted by Crippen LogP contribution is 2.06. The number of rotatable bonds is 4. The number of benzene rings is 1. The molecule has 0 saturated carbocycles. The van der Waals surface area contributed by atoms with Gasteiger partial charge in [0.2, 0.25) is 0 Å². The molecule has 0 aromatic heterocycles. The third-order valence-electron chi connectivity index (χ3n) is 2.79. The first-order chi connectivity index (χ1) is 11.6. The molecule has 0 bridgehead atoms. The summed E-state index contributed by atoms with van der Waals surface area (Å²) in [5.74, 6) is -3.83. The number of carboxylic acids is 1. The van der Waals surface area contributed by atoms with Crippen molar-refractivity contribution in [3.8, 4) is 0 Å². The molecule has 0 spiro atoms. The van der Waals surface area contributed by atoms with Crippen LogP contribution in [0.15, 0.2) is 30.3 Å². The Labute approximate surface area is 144 Å². The Morgan fingerprint density at radius 3 is 2.20 bits per heavy atom. The van der Waals surface area contributed by atoms with Gasteiger partial charge in [-0.05, 0) is 26.3 Å². The molecule has 0 saturated heterocycles. The molecule has 9 nitrogen and oxygen atoms in total. The van der Waals surface area contributed by atoms with Crippen LogP contribution < -0.4 is 16.2 Å². The van der Waals surface area contributed by atoms with Crippen molar-refractivity contribution < 1.29 is 29.0 Å². The van der Waals surface area contributed by atoms with E-state index >= 15 is 0 Å².